The van der Waals surface area contributed by atoms with Gasteiger partial charge in [-0.1, -0.05) is 25.5 Å². The van der Waals surface area contributed by atoms with E-state index in [0.29, 0.717) is 29.6 Å². The molecule has 0 saturated heterocycles. The van der Waals surface area contributed by atoms with E-state index < -0.39 is 10.0 Å². The molecule has 0 aliphatic heterocycles. The molecule has 2 rings (SSSR count). The van der Waals surface area contributed by atoms with Gasteiger partial charge >= 0.3 is 0 Å². The molecule has 2 unspecified atom stereocenters. The average molecular weight is 296 g/mol. The largest absolute Gasteiger partial charge is 0.397 e. The molecule has 1 aliphatic rings. The maximum atomic E-state index is 12.5. The van der Waals surface area contributed by atoms with Crippen LogP contribution in [-0.2, 0) is 10.0 Å². The van der Waals surface area contributed by atoms with Crippen LogP contribution < -0.4 is 10.5 Å². The van der Waals surface area contributed by atoms with Gasteiger partial charge in [0.2, 0.25) is 10.0 Å². The normalized spacial score (nSPS) is 23.1. The van der Waals surface area contributed by atoms with Gasteiger partial charge in [-0.2, -0.15) is 0 Å². The second-order valence-corrected chi connectivity index (χ2v) is 7.78. The van der Waals surface area contributed by atoms with Gasteiger partial charge in [-0.3, -0.25) is 0 Å². The molecule has 5 heteroatoms. The van der Waals surface area contributed by atoms with Gasteiger partial charge in [0.25, 0.3) is 0 Å². The van der Waals surface area contributed by atoms with Crippen molar-refractivity contribution in [3.05, 3.63) is 23.3 Å². The van der Waals surface area contributed by atoms with Crippen LogP contribution in [-0.4, -0.2) is 15.0 Å². The van der Waals surface area contributed by atoms with Crippen molar-refractivity contribution >= 4 is 15.7 Å². The van der Waals surface area contributed by atoms with Crippen molar-refractivity contribution in [1.82, 2.24) is 4.72 Å². The highest BCUT2D eigenvalue weighted by Crippen LogP contribution is 2.31. The second-order valence-electron chi connectivity index (χ2n) is 6.08. The van der Waals surface area contributed by atoms with Crippen LogP contribution >= 0.6 is 0 Å². The van der Waals surface area contributed by atoms with Gasteiger partial charge in [0.15, 0.2) is 0 Å². The van der Waals surface area contributed by atoms with Gasteiger partial charge in [-0.05, 0) is 49.7 Å². The van der Waals surface area contributed by atoms with Gasteiger partial charge in [-0.25, -0.2) is 13.1 Å². The zero-order valence-electron chi connectivity index (χ0n) is 12.4. The quantitative estimate of drug-likeness (QED) is 0.839. The van der Waals surface area contributed by atoms with Crippen molar-refractivity contribution in [1.29, 1.82) is 0 Å². The van der Waals surface area contributed by atoms with Crippen LogP contribution in [0.4, 0.5) is 5.69 Å². The van der Waals surface area contributed by atoms with E-state index in [4.69, 9.17) is 5.73 Å². The molecule has 1 aromatic carbocycles. The molecule has 112 valence electrons. The Labute approximate surface area is 121 Å². The van der Waals surface area contributed by atoms with Crippen LogP contribution in [0.15, 0.2) is 17.0 Å². The topological polar surface area (TPSA) is 72.2 Å². The van der Waals surface area contributed by atoms with Crippen LogP contribution in [0.1, 0.15) is 37.3 Å². The third-order valence-electron chi connectivity index (χ3n) is 4.25. The minimum absolute atomic E-state index is 0.239. The molecule has 20 heavy (non-hydrogen) atoms. The number of nitrogen functional groups attached to an aromatic ring is 1. The molecule has 0 spiro atoms. The van der Waals surface area contributed by atoms with E-state index in [1.807, 2.05) is 13.0 Å². The van der Waals surface area contributed by atoms with Gasteiger partial charge in [-0.15, -0.1) is 0 Å². The third kappa shape index (κ3) is 3.15. The highest BCUT2D eigenvalue weighted by atomic mass is 32.2. The lowest BCUT2D eigenvalue weighted by Crippen LogP contribution is -2.30. The number of nitrogens with two attached hydrogens (primary N) is 1. The molecular formula is C15H24N2O2S. The number of rotatable bonds is 4. The monoisotopic (exact) mass is 296 g/mol. The predicted molar refractivity (Wildman–Crippen MR) is 82.0 cm³/mol. The molecule has 1 saturated carbocycles. The first-order chi connectivity index (χ1) is 9.31. The number of sulfonamides is 1. The van der Waals surface area contributed by atoms with Crippen molar-refractivity contribution in [3.63, 3.8) is 0 Å². The number of hydrogen-bond donors (Lipinski definition) is 2. The van der Waals surface area contributed by atoms with Crippen LogP contribution in [0.5, 0.6) is 0 Å². The number of nitrogens with one attached hydrogen (secondary N) is 1. The molecule has 1 aliphatic carbocycles. The molecule has 0 radical (unpaired) electrons. The molecular weight excluding hydrogens is 272 g/mol. The zero-order chi connectivity index (χ0) is 14.9. The fourth-order valence-corrected chi connectivity index (χ4v) is 4.52. The number of benzene rings is 1. The molecule has 2 atom stereocenters. The molecule has 3 N–H and O–H groups in total. The van der Waals surface area contributed by atoms with Crippen molar-refractivity contribution in [2.75, 3.05) is 12.3 Å². The van der Waals surface area contributed by atoms with Crippen molar-refractivity contribution in [2.24, 2.45) is 11.8 Å². The van der Waals surface area contributed by atoms with Gasteiger partial charge in [0, 0.05) is 6.54 Å². The zero-order valence-corrected chi connectivity index (χ0v) is 13.3. The predicted octanol–water partition coefficient (Wildman–Crippen LogP) is 2.60. The lowest BCUT2D eigenvalue weighted by Gasteiger charge is -2.15. The van der Waals surface area contributed by atoms with Crippen LogP contribution in [0.25, 0.3) is 0 Å². The maximum Gasteiger partial charge on any atom is 0.242 e. The van der Waals surface area contributed by atoms with E-state index >= 15 is 0 Å². The van der Waals surface area contributed by atoms with E-state index in [0.717, 1.165) is 18.4 Å². The average Bonchev–Trinajstić information content (AvgIpc) is 2.78. The summed E-state index contributed by atoms with van der Waals surface area (Å²) >= 11 is 0. The smallest absolute Gasteiger partial charge is 0.242 e. The SMILES string of the molecule is Cc1ccc(C)c(S(=O)(=O)NCC2CCC(C)C2)c1N. The molecule has 1 fully saturated rings. The van der Waals surface area contributed by atoms with Crippen LogP contribution in [0.2, 0.25) is 0 Å². The molecule has 0 amide bonds. The molecule has 0 aromatic heterocycles. The second kappa shape index (κ2) is 5.74. The highest BCUT2D eigenvalue weighted by molar-refractivity contribution is 7.89. The number of hydrogen-bond acceptors (Lipinski definition) is 3. The third-order valence-corrected chi connectivity index (χ3v) is 5.87. The summed E-state index contributed by atoms with van der Waals surface area (Å²) in [7, 11) is -3.52. The summed E-state index contributed by atoms with van der Waals surface area (Å²) in [6.07, 6.45) is 3.40. The minimum atomic E-state index is -3.52. The van der Waals surface area contributed by atoms with E-state index in [-0.39, 0.29) is 4.90 Å². The summed E-state index contributed by atoms with van der Waals surface area (Å²) < 4.78 is 27.7. The Morgan fingerprint density at radius 1 is 1.25 bits per heavy atom. The van der Waals surface area contributed by atoms with Crippen LogP contribution in [0, 0.1) is 25.7 Å². The summed E-state index contributed by atoms with van der Waals surface area (Å²) in [4.78, 5) is 0.239. The molecule has 0 heterocycles. The first-order valence-electron chi connectivity index (χ1n) is 7.16. The number of aryl methyl sites for hydroxylation is 2. The van der Waals surface area contributed by atoms with Gasteiger partial charge in [0.1, 0.15) is 4.90 Å². The van der Waals surface area contributed by atoms with E-state index in [1.54, 1.807) is 13.0 Å². The van der Waals surface area contributed by atoms with Crippen LogP contribution in [0.3, 0.4) is 0 Å². The Kier molecular flexibility index (Phi) is 4.39. The number of anilines is 1. The van der Waals surface area contributed by atoms with Gasteiger partial charge < -0.3 is 5.73 Å². The van der Waals surface area contributed by atoms with Gasteiger partial charge in [0.05, 0.1) is 5.69 Å². The lowest BCUT2D eigenvalue weighted by molar-refractivity contribution is 0.498. The van der Waals surface area contributed by atoms with E-state index in [9.17, 15) is 8.42 Å². The maximum absolute atomic E-state index is 12.5. The minimum Gasteiger partial charge on any atom is -0.397 e. The molecule has 4 nitrogen and oxygen atoms in total. The Balaban J connectivity index is 2.17. The standard InChI is InChI=1S/C15H24N2O2S/c1-10-4-7-13(8-10)9-17-20(18,19)15-12(3)6-5-11(2)14(15)16/h5-6,10,13,17H,4,7-9,16H2,1-3H3. The first kappa shape index (κ1) is 15.3. The van der Waals surface area contributed by atoms with E-state index in [2.05, 4.69) is 11.6 Å². The Bertz CT molecular complexity index is 596. The Hall–Kier alpha value is -1.07. The fourth-order valence-electron chi connectivity index (χ4n) is 2.97. The fraction of sp³-hybridized carbons (Fsp3) is 0.600. The summed E-state index contributed by atoms with van der Waals surface area (Å²) in [5.74, 6) is 1.15. The van der Waals surface area contributed by atoms with Crippen molar-refractivity contribution < 1.29 is 8.42 Å². The molecule has 1 aromatic rings. The Morgan fingerprint density at radius 2 is 1.90 bits per heavy atom. The summed E-state index contributed by atoms with van der Waals surface area (Å²) in [5, 5.41) is 0. The summed E-state index contributed by atoms with van der Waals surface area (Å²) in [6.45, 7) is 6.34. The molecule has 0 bridgehead atoms. The lowest BCUT2D eigenvalue weighted by atomic mass is 10.1. The summed E-state index contributed by atoms with van der Waals surface area (Å²) in [5.41, 5.74) is 7.81. The van der Waals surface area contributed by atoms with Crippen molar-refractivity contribution in [2.45, 2.75) is 44.9 Å². The highest BCUT2D eigenvalue weighted by Gasteiger charge is 2.25. The first-order valence-corrected chi connectivity index (χ1v) is 8.65. The summed E-state index contributed by atoms with van der Waals surface area (Å²) in [6, 6.07) is 3.65. The Morgan fingerprint density at radius 3 is 2.50 bits per heavy atom. The van der Waals surface area contributed by atoms with Crippen molar-refractivity contribution in [3.8, 4) is 0 Å². The van der Waals surface area contributed by atoms with E-state index in [1.165, 1.54) is 6.42 Å².